The smallest absolute Gasteiger partial charge is 0.241 e. The molecule has 3 nitrogen and oxygen atoms in total. The Morgan fingerprint density at radius 3 is 2.67 bits per heavy atom. The van der Waals surface area contributed by atoms with Crippen LogP contribution in [0.25, 0.3) is 0 Å². The van der Waals surface area contributed by atoms with Crippen molar-refractivity contribution in [2.45, 2.75) is 50.9 Å². The number of nitrogens with one attached hydrogen (secondary N) is 1. The molecule has 1 unspecified atom stereocenters. The zero-order valence-corrected chi connectivity index (χ0v) is 10.7. The maximum absolute atomic E-state index is 11.1. The van der Waals surface area contributed by atoms with E-state index < -0.39 is 8.32 Å². The molecule has 84 valence electrons. The number of amides is 1. The molecule has 1 amide bonds. The van der Waals surface area contributed by atoms with Gasteiger partial charge >= 0.3 is 0 Å². The van der Waals surface area contributed by atoms with E-state index >= 15 is 0 Å². The zero-order chi connectivity index (χ0) is 11.1. The summed E-state index contributed by atoms with van der Waals surface area (Å²) in [5.74, 6) is 1.19. The van der Waals surface area contributed by atoms with Crippen molar-refractivity contribution in [2.24, 2.45) is 0 Å². The van der Waals surface area contributed by atoms with Crippen LogP contribution in [0.1, 0.15) is 25.7 Å². The van der Waals surface area contributed by atoms with E-state index in [1.54, 1.807) is 0 Å². The summed E-state index contributed by atoms with van der Waals surface area (Å²) in [6.07, 6.45) is 6.05. The fourth-order valence-corrected chi connectivity index (χ4v) is 3.19. The first-order valence-electron chi connectivity index (χ1n) is 5.62. The number of hydrogen-bond donors (Lipinski definition) is 1. The summed E-state index contributed by atoms with van der Waals surface area (Å²) in [5, 5.41) is 3.02. The molecule has 1 aliphatic carbocycles. The highest BCUT2D eigenvalue weighted by Gasteiger charge is 2.48. The predicted molar refractivity (Wildman–Crippen MR) is 61.9 cm³/mol. The third-order valence-electron chi connectivity index (χ3n) is 2.87. The van der Waals surface area contributed by atoms with Crippen molar-refractivity contribution in [2.75, 3.05) is 0 Å². The molecule has 1 atom stereocenters. The van der Waals surface area contributed by atoms with Crippen molar-refractivity contribution < 1.29 is 9.22 Å². The fraction of sp³-hybridized carbons (Fsp3) is 0.727. The molecule has 1 spiro atoms. The molecule has 0 aromatic carbocycles. The molecule has 4 heteroatoms. The van der Waals surface area contributed by atoms with Crippen LogP contribution < -0.4 is 5.32 Å². The van der Waals surface area contributed by atoms with Gasteiger partial charge in [-0.3, -0.25) is 4.79 Å². The second-order valence-corrected chi connectivity index (χ2v) is 9.91. The molecule has 0 aromatic heterocycles. The van der Waals surface area contributed by atoms with Crippen LogP contribution in [-0.4, -0.2) is 19.8 Å². The monoisotopic (exact) mass is 225 g/mol. The average molecular weight is 225 g/mol. The van der Waals surface area contributed by atoms with Gasteiger partial charge in [0.25, 0.3) is 0 Å². The van der Waals surface area contributed by atoms with E-state index in [2.05, 4.69) is 31.0 Å². The second kappa shape index (κ2) is 3.37. The van der Waals surface area contributed by atoms with Gasteiger partial charge in [0.1, 0.15) is 11.3 Å². The number of hydrogen-bond acceptors (Lipinski definition) is 2. The Hall–Kier alpha value is -0.773. The molecule has 1 heterocycles. The van der Waals surface area contributed by atoms with Crippen LogP contribution in [0, 0.1) is 0 Å². The highest BCUT2D eigenvalue weighted by Crippen LogP contribution is 2.39. The molecule has 1 N–H and O–H groups in total. The van der Waals surface area contributed by atoms with E-state index in [-0.39, 0.29) is 11.4 Å². The minimum Gasteiger partial charge on any atom is -0.546 e. The van der Waals surface area contributed by atoms with E-state index in [1.165, 1.54) is 0 Å². The van der Waals surface area contributed by atoms with Gasteiger partial charge in [-0.15, -0.1) is 0 Å². The van der Waals surface area contributed by atoms with Gasteiger partial charge in [0, 0.05) is 0 Å². The van der Waals surface area contributed by atoms with Crippen molar-refractivity contribution >= 4 is 14.2 Å². The van der Waals surface area contributed by atoms with Crippen LogP contribution in [0.3, 0.4) is 0 Å². The normalized spacial score (nSPS) is 30.6. The summed E-state index contributed by atoms with van der Waals surface area (Å²) in [6.45, 7) is 6.53. The maximum Gasteiger partial charge on any atom is 0.241 e. The Kier molecular flexibility index (Phi) is 2.41. The quantitative estimate of drug-likeness (QED) is 0.578. The molecule has 2 rings (SSSR count). The third-order valence-corrected chi connectivity index (χ3v) is 3.70. The molecule has 0 radical (unpaired) electrons. The van der Waals surface area contributed by atoms with E-state index in [9.17, 15) is 4.79 Å². The Morgan fingerprint density at radius 2 is 2.13 bits per heavy atom. The van der Waals surface area contributed by atoms with Crippen molar-refractivity contribution in [3.05, 3.63) is 11.8 Å². The SMILES string of the molecule is C[Si](C)(C)OC1=CCCCC12CC(=O)N2. The van der Waals surface area contributed by atoms with Gasteiger partial charge in [-0.05, 0) is 45.0 Å². The summed E-state index contributed by atoms with van der Waals surface area (Å²) in [5.41, 5.74) is -0.129. The first kappa shape index (κ1) is 10.7. The summed E-state index contributed by atoms with van der Waals surface area (Å²) in [6, 6.07) is 0. The molecule has 1 fully saturated rings. The lowest BCUT2D eigenvalue weighted by Gasteiger charge is -2.47. The Labute approximate surface area is 92.0 Å². The van der Waals surface area contributed by atoms with Crippen LogP contribution in [-0.2, 0) is 9.22 Å². The molecule has 1 saturated heterocycles. The van der Waals surface area contributed by atoms with E-state index in [0.29, 0.717) is 6.42 Å². The lowest BCUT2D eigenvalue weighted by Crippen LogP contribution is -2.63. The standard InChI is InChI=1S/C11H19NO2Si/c1-15(2,3)14-9-6-4-5-7-11(9)8-10(13)12-11/h6H,4-5,7-8H2,1-3H3,(H,12,13). The first-order valence-corrected chi connectivity index (χ1v) is 9.03. The summed E-state index contributed by atoms with van der Waals surface area (Å²) < 4.78 is 6.07. The van der Waals surface area contributed by atoms with Gasteiger partial charge in [-0.25, -0.2) is 0 Å². The highest BCUT2D eigenvalue weighted by molar-refractivity contribution is 6.70. The predicted octanol–water partition coefficient (Wildman–Crippen LogP) is 2.16. The molecule has 15 heavy (non-hydrogen) atoms. The van der Waals surface area contributed by atoms with Gasteiger partial charge in [0.15, 0.2) is 0 Å². The largest absolute Gasteiger partial charge is 0.546 e. The Balaban J connectivity index is 2.14. The van der Waals surface area contributed by atoms with Crippen LogP contribution in [0.2, 0.25) is 19.6 Å². The van der Waals surface area contributed by atoms with Crippen LogP contribution in [0.15, 0.2) is 11.8 Å². The van der Waals surface area contributed by atoms with Crippen molar-refractivity contribution in [3.8, 4) is 0 Å². The van der Waals surface area contributed by atoms with Crippen molar-refractivity contribution in [1.82, 2.24) is 5.32 Å². The van der Waals surface area contributed by atoms with Gasteiger partial charge in [-0.1, -0.05) is 0 Å². The van der Waals surface area contributed by atoms with Gasteiger partial charge in [0.2, 0.25) is 14.2 Å². The number of carbonyl (C=O) groups is 1. The number of rotatable bonds is 2. The van der Waals surface area contributed by atoms with Crippen molar-refractivity contribution in [3.63, 3.8) is 0 Å². The molecule has 1 aliphatic heterocycles. The third kappa shape index (κ3) is 2.09. The Bertz CT molecular complexity index is 309. The summed E-state index contributed by atoms with van der Waals surface area (Å²) in [7, 11) is -1.56. The van der Waals surface area contributed by atoms with Crippen molar-refractivity contribution in [1.29, 1.82) is 0 Å². The molecule has 0 bridgehead atoms. The number of allylic oxidation sites excluding steroid dienone is 1. The van der Waals surface area contributed by atoms with E-state index in [0.717, 1.165) is 25.0 Å². The first-order chi connectivity index (χ1) is 6.91. The maximum atomic E-state index is 11.1. The molecular weight excluding hydrogens is 206 g/mol. The molecular formula is C11H19NO2Si. The minimum absolute atomic E-state index is 0.129. The lowest BCUT2D eigenvalue weighted by atomic mass is 9.77. The molecule has 2 aliphatic rings. The van der Waals surface area contributed by atoms with E-state index in [1.807, 2.05) is 0 Å². The molecule has 0 aromatic rings. The summed E-state index contributed by atoms with van der Waals surface area (Å²) in [4.78, 5) is 11.1. The highest BCUT2D eigenvalue weighted by atomic mass is 28.4. The van der Waals surface area contributed by atoms with Crippen LogP contribution in [0.4, 0.5) is 0 Å². The zero-order valence-electron chi connectivity index (χ0n) is 9.72. The van der Waals surface area contributed by atoms with Gasteiger partial charge in [0.05, 0.1) is 6.42 Å². The van der Waals surface area contributed by atoms with Gasteiger partial charge < -0.3 is 9.74 Å². The van der Waals surface area contributed by atoms with Crippen LogP contribution in [0.5, 0.6) is 0 Å². The molecule has 0 saturated carbocycles. The van der Waals surface area contributed by atoms with E-state index in [4.69, 9.17) is 4.43 Å². The average Bonchev–Trinajstić information content (AvgIpc) is 2.03. The van der Waals surface area contributed by atoms with Crippen LogP contribution >= 0.6 is 0 Å². The number of carbonyl (C=O) groups excluding carboxylic acids is 1. The number of β-lactam (4-membered cyclic amide) rings is 1. The van der Waals surface area contributed by atoms with Gasteiger partial charge in [-0.2, -0.15) is 0 Å². The summed E-state index contributed by atoms with van der Waals surface area (Å²) >= 11 is 0. The Morgan fingerprint density at radius 1 is 1.47 bits per heavy atom. The lowest BCUT2D eigenvalue weighted by molar-refractivity contribution is -0.132. The minimum atomic E-state index is -1.56. The second-order valence-electron chi connectivity index (χ2n) is 5.48. The topological polar surface area (TPSA) is 38.3 Å². The fourth-order valence-electron chi connectivity index (χ4n) is 2.25.